The summed E-state index contributed by atoms with van der Waals surface area (Å²) in [4.78, 5) is 22.8. The molecule has 1 amide bonds. The lowest BCUT2D eigenvalue weighted by molar-refractivity contribution is -0.149. The largest absolute Gasteiger partial charge is 0.481 e. The van der Waals surface area contributed by atoms with Gasteiger partial charge in [-0.05, 0) is 27.7 Å². The van der Waals surface area contributed by atoms with Crippen LogP contribution in [0.2, 0.25) is 0 Å². The van der Waals surface area contributed by atoms with Crippen molar-refractivity contribution in [2.24, 2.45) is 5.41 Å². The zero-order chi connectivity index (χ0) is 14.0. The highest BCUT2D eigenvalue weighted by Gasteiger charge is 2.47. The van der Waals surface area contributed by atoms with Crippen LogP contribution in [0.5, 0.6) is 0 Å². The molecule has 1 saturated heterocycles. The number of aliphatic carboxylic acids is 1. The highest BCUT2D eigenvalue weighted by Crippen LogP contribution is 2.28. The maximum Gasteiger partial charge on any atom is 0.313 e. The van der Waals surface area contributed by atoms with E-state index in [4.69, 9.17) is 14.6 Å². The molecule has 0 bridgehead atoms. The van der Waals surface area contributed by atoms with Crippen molar-refractivity contribution in [3.8, 4) is 0 Å². The molecule has 1 aliphatic rings. The highest BCUT2D eigenvalue weighted by atomic mass is 16.5. The number of ether oxygens (including phenoxy) is 2. The van der Waals surface area contributed by atoms with Gasteiger partial charge < -0.3 is 19.9 Å². The summed E-state index contributed by atoms with van der Waals surface area (Å²) in [6, 6.07) is -0.522. The summed E-state index contributed by atoms with van der Waals surface area (Å²) in [6.07, 6.45) is 0. The number of hydrogen-bond acceptors (Lipinski definition) is 4. The Morgan fingerprint density at radius 1 is 1.50 bits per heavy atom. The Morgan fingerprint density at radius 2 is 2.11 bits per heavy atom. The van der Waals surface area contributed by atoms with E-state index in [9.17, 15) is 9.59 Å². The average molecular weight is 259 g/mol. The zero-order valence-electron chi connectivity index (χ0n) is 11.3. The Morgan fingerprint density at radius 3 is 2.61 bits per heavy atom. The molecule has 1 aliphatic heterocycles. The van der Waals surface area contributed by atoms with Crippen molar-refractivity contribution in [2.75, 3.05) is 19.8 Å². The number of amides is 1. The van der Waals surface area contributed by atoms with Gasteiger partial charge in [-0.15, -0.1) is 0 Å². The van der Waals surface area contributed by atoms with Crippen molar-refractivity contribution in [2.45, 2.75) is 39.3 Å². The van der Waals surface area contributed by atoms with Gasteiger partial charge in [-0.3, -0.25) is 9.59 Å². The molecule has 0 aromatic heterocycles. The SMILES string of the molecule is CC(C)(C)OCC(=O)NC1COCC1(C)C(=O)O. The fourth-order valence-corrected chi connectivity index (χ4v) is 1.60. The normalized spacial score (nSPS) is 28.1. The first-order valence-electron chi connectivity index (χ1n) is 5.89. The molecule has 1 fully saturated rings. The molecule has 0 radical (unpaired) electrons. The van der Waals surface area contributed by atoms with Crippen molar-refractivity contribution in [3.63, 3.8) is 0 Å². The van der Waals surface area contributed by atoms with E-state index in [0.717, 1.165) is 0 Å². The first-order valence-corrected chi connectivity index (χ1v) is 5.89. The van der Waals surface area contributed by atoms with Gasteiger partial charge in [-0.1, -0.05) is 0 Å². The van der Waals surface area contributed by atoms with Crippen molar-refractivity contribution in [1.82, 2.24) is 5.32 Å². The summed E-state index contributed by atoms with van der Waals surface area (Å²) in [6.45, 7) is 7.34. The lowest BCUT2D eigenvalue weighted by Gasteiger charge is -2.26. The predicted molar refractivity (Wildman–Crippen MR) is 64.2 cm³/mol. The molecule has 104 valence electrons. The fraction of sp³-hybridized carbons (Fsp3) is 0.833. The molecule has 0 aliphatic carbocycles. The Labute approximate surface area is 107 Å². The molecule has 2 N–H and O–H groups in total. The van der Waals surface area contributed by atoms with Crippen LogP contribution in [-0.2, 0) is 19.1 Å². The van der Waals surface area contributed by atoms with Gasteiger partial charge in [0.1, 0.15) is 12.0 Å². The van der Waals surface area contributed by atoms with Gasteiger partial charge in [-0.25, -0.2) is 0 Å². The summed E-state index contributed by atoms with van der Waals surface area (Å²) < 4.78 is 10.5. The van der Waals surface area contributed by atoms with Crippen molar-refractivity contribution < 1.29 is 24.2 Å². The quantitative estimate of drug-likeness (QED) is 0.763. The Bertz CT molecular complexity index is 336. The maximum absolute atomic E-state index is 11.7. The Kier molecular flexibility index (Phi) is 4.34. The average Bonchev–Trinajstić information content (AvgIpc) is 2.58. The number of carboxylic acid groups (broad SMARTS) is 1. The second-order valence-corrected chi connectivity index (χ2v) is 5.76. The Balaban J connectivity index is 2.52. The number of carbonyl (C=O) groups is 2. The van der Waals surface area contributed by atoms with Crippen LogP contribution in [0.15, 0.2) is 0 Å². The van der Waals surface area contributed by atoms with Gasteiger partial charge >= 0.3 is 5.97 Å². The van der Waals surface area contributed by atoms with Crippen molar-refractivity contribution in [3.05, 3.63) is 0 Å². The van der Waals surface area contributed by atoms with Gasteiger partial charge in [0.15, 0.2) is 0 Å². The zero-order valence-corrected chi connectivity index (χ0v) is 11.3. The molecule has 1 rings (SSSR count). The lowest BCUT2D eigenvalue weighted by atomic mass is 9.85. The van der Waals surface area contributed by atoms with E-state index in [1.54, 1.807) is 6.92 Å². The van der Waals surface area contributed by atoms with Crippen LogP contribution < -0.4 is 5.32 Å². The second-order valence-electron chi connectivity index (χ2n) is 5.76. The van der Waals surface area contributed by atoms with Crippen molar-refractivity contribution >= 4 is 11.9 Å². The monoisotopic (exact) mass is 259 g/mol. The number of hydrogen-bond donors (Lipinski definition) is 2. The molecule has 0 aromatic rings. The van der Waals surface area contributed by atoms with E-state index in [-0.39, 0.29) is 25.7 Å². The molecule has 0 aromatic carbocycles. The molecule has 2 atom stereocenters. The summed E-state index contributed by atoms with van der Waals surface area (Å²) in [5.74, 6) is -1.30. The number of rotatable bonds is 4. The third-order valence-corrected chi connectivity index (χ3v) is 2.92. The molecule has 2 unspecified atom stereocenters. The van der Waals surface area contributed by atoms with Gasteiger partial charge in [0.2, 0.25) is 5.91 Å². The van der Waals surface area contributed by atoms with Gasteiger partial charge in [0.25, 0.3) is 0 Å². The molecule has 18 heavy (non-hydrogen) atoms. The van der Waals surface area contributed by atoms with Crippen LogP contribution in [0, 0.1) is 5.41 Å². The summed E-state index contributed by atoms with van der Waals surface area (Å²) in [5, 5.41) is 11.8. The lowest BCUT2D eigenvalue weighted by Crippen LogP contribution is -2.50. The van der Waals surface area contributed by atoms with Gasteiger partial charge in [0, 0.05) is 0 Å². The van der Waals surface area contributed by atoms with Crippen LogP contribution in [0.1, 0.15) is 27.7 Å². The van der Waals surface area contributed by atoms with E-state index >= 15 is 0 Å². The van der Waals surface area contributed by atoms with E-state index < -0.39 is 23.0 Å². The highest BCUT2D eigenvalue weighted by molar-refractivity contribution is 5.81. The standard InChI is InChI=1S/C12H21NO5/c1-11(2,3)18-6-9(14)13-8-5-17-7-12(8,4)10(15)16/h8H,5-7H2,1-4H3,(H,13,14)(H,15,16). The summed E-state index contributed by atoms with van der Waals surface area (Å²) in [7, 11) is 0. The molecular formula is C12H21NO5. The first-order chi connectivity index (χ1) is 8.15. The third kappa shape index (κ3) is 3.68. The van der Waals surface area contributed by atoms with Crippen molar-refractivity contribution in [1.29, 1.82) is 0 Å². The fourth-order valence-electron chi connectivity index (χ4n) is 1.60. The number of nitrogens with one attached hydrogen (secondary N) is 1. The predicted octanol–water partition coefficient (Wildman–Crippen LogP) is 0.407. The smallest absolute Gasteiger partial charge is 0.313 e. The molecule has 6 nitrogen and oxygen atoms in total. The molecule has 0 spiro atoms. The first kappa shape index (κ1) is 14.9. The van der Waals surface area contributed by atoms with E-state index in [1.165, 1.54) is 0 Å². The van der Waals surface area contributed by atoms with Crippen LogP contribution >= 0.6 is 0 Å². The summed E-state index contributed by atoms with van der Waals surface area (Å²) in [5.41, 5.74) is -1.48. The number of carboxylic acids is 1. The molecule has 6 heteroatoms. The van der Waals surface area contributed by atoms with Gasteiger partial charge in [-0.2, -0.15) is 0 Å². The Hall–Kier alpha value is -1.14. The minimum absolute atomic E-state index is 0.0876. The molecule has 1 heterocycles. The summed E-state index contributed by atoms with van der Waals surface area (Å²) >= 11 is 0. The van der Waals surface area contributed by atoms with Crippen LogP contribution in [0.25, 0.3) is 0 Å². The second kappa shape index (κ2) is 5.24. The van der Waals surface area contributed by atoms with E-state index in [2.05, 4.69) is 5.32 Å². The van der Waals surface area contributed by atoms with E-state index in [0.29, 0.717) is 0 Å². The molecule has 0 saturated carbocycles. The minimum Gasteiger partial charge on any atom is -0.481 e. The topological polar surface area (TPSA) is 84.9 Å². The van der Waals surface area contributed by atoms with Gasteiger partial charge in [0.05, 0.1) is 24.9 Å². The third-order valence-electron chi connectivity index (χ3n) is 2.92. The van der Waals surface area contributed by atoms with Crippen LogP contribution in [0.4, 0.5) is 0 Å². The minimum atomic E-state index is -1.07. The number of carbonyl (C=O) groups excluding carboxylic acids is 1. The molecular weight excluding hydrogens is 238 g/mol. The van der Waals surface area contributed by atoms with E-state index in [1.807, 2.05) is 20.8 Å². The van der Waals surface area contributed by atoms with Crippen LogP contribution in [0.3, 0.4) is 0 Å². The maximum atomic E-state index is 11.7. The van der Waals surface area contributed by atoms with Crippen LogP contribution in [-0.4, -0.2) is 48.4 Å².